The number of carbonyl (C=O) groups excluding carboxylic acids is 1. The number of nitrogens with zero attached hydrogens (tertiary/aromatic N) is 3. The average Bonchev–Trinajstić information content (AvgIpc) is 3.34. The van der Waals surface area contributed by atoms with Gasteiger partial charge in [-0.2, -0.15) is 4.98 Å². The number of ether oxygens (including phenoxy) is 2. The van der Waals surface area contributed by atoms with Crippen LogP contribution in [0.15, 0.2) is 87.6 Å². The smallest absolute Gasteiger partial charge is 0.255 e. The fraction of sp³-hybridized carbons (Fsp3) is 0.258. The highest BCUT2D eigenvalue weighted by Gasteiger charge is 2.35. The molecule has 0 spiro atoms. The van der Waals surface area contributed by atoms with Crippen molar-refractivity contribution < 1.29 is 14.3 Å². The Kier molecular flexibility index (Phi) is 8.99. The summed E-state index contributed by atoms with van der Waals surface area (Å²) in [7, 11) is 0. The molecule has 1 unspecified atom stereocenters. The molecule has 0 saturated carbocycles. The number of hydrogen-bond donors (Lipinski definition) is 2. The Hall–Kier alpha value is -3.76. The Labute approximate surface area is 252 Å². The molecule has 1 amide bonds. The summed E-state index contributed by atoms with van der Waals surface area (Å²) in [5.74, 6) is 2.43. The third-order valence-electron chi connectivity index (χ3n) is 6.52. The minimum atomic E-state index is -0.533. The quantitative estimate of drug-likeness (QED) is 0.176. The molecule has 0 fully saturated rings. The number of allylic oxidation sites excluding steroid dienone is 1. The lowest BCUT2D eigenvalue weighted by molar-refractivity contribution is -0.113. The molecule has 1 aromatic heterocycles. The molecule has 2 heterocycles. The van der Waals surface area contributed by atoms with E-state index in [-0.39, 0.29) is 5.91 Å². The van der Waals surface area contributed by atoms with E-state index in [1.807, 2.05) is 87.5 Å². The van der Waals surface area contributed by atoms with Crippen molar-refractivity contribution in [2.75, 3.05) is 23.0 Å². The molecule has 41 heavy (non-hydrogen) atoms. The van der Waals surface area contributed by atoms with Crippen LogP contribution < -0.4 is 20.1 Å². The van der Waals surface area contributed by atoms with Crippen molar-refractivity contribution in [2.45, 2.75) is 45.5 Å². The topological polar surface area (TPSA) is 90.3 Å². The molecule has 0 aliphatic carbocycles. The maximum absolute atomic E-state index is 13.8. The van der Waals surface area contributed by atoms with E-state index in [4.69, 9.17) is 14.6 Å². The first-order valence-electron chi connectivity index (χ1n) is 13.5. The highest BCUT2D eigenvalue weighted by atomic mass is 79.9. The SMILES string of the molecule is CCOc1cc(C2C(C(=O)Nc3cccc(C)c3)=C(C)Nc3nc(SCC)nn32)ccc1OCc1ccc(Br)cc1. The van der Waals surface area contributed by atoms with E-state index in [0.717, 1.165) is 32.6 Å². The largest absolute Gasteiger partial charge is 0.490 e. The van der Waals surface area contributed by atoms with Gasteiger partial charge in [-0.3, -0.25) is 4.79 Å². The highest BCUT2D eigenvalue weighted by molar-refractivity contribution is 9.10. The molecule has 0 radical (unpaired) electrons. The van der Waals surface area contributed by atoms with E-state index in [9.17, 15) is 4.79 Å². The molecule has 1 aliphatic rings. The van der Waals surface area contributed by atoms with E-state index in [1.54, 1.807) is 16.4 Å². The molecular weight excluding hydrogens is 602 g/mol. The van der Waals surface area contributed by atoms with Crippen LogP contribution in [-0.2, 0) is 11.4 Å². The fourth-order valence-electron chi connectivity index (χ4n) is 4.67. The monoisotopic (exact) mass is 633 g/mol. The number of anilines is 2. The zero-order valence-electron chi connectivity index (χ0n) is 23.4. The summed E-state index contributed by atoms with van der Waals surface area (Å²) in [6.07, 6.45) is 0. The molecule has 0 saturated heterocycles. The van der Waals surface area contributed by atoms with Gasteiger partial charge in [0.25, 0.3) is 5.91 Å². The molecule has 4 aromatic rings. The minimum Gasteiger partial charge on any atom is -0.490 e. The van der Waals surface area contributed by atoms with Crippen molar-refractivity contribution in [3.05, 3.63) is 99.2 Å². The van der Waals surface area contributed by atoms with E-state index in [0.29, 0.717) is 47.1 Å². The molecule has 3 aromatic carbocycles. The predicted molar refractivity (Wildman–Crippen MR) is 167 cm³/mol. The first kappa shape index (κ1) is 28.8. The Bertz CT molecular complexity index is 1590. The molecule has 2 N–H and O–H groups in total. The van der Waals surface area contributed by atoms with Crippen LogP contribution in [0, 0.1) is 6.92 Å². The summed E-state index contributed by atoms with van der Waals surface area (Å²) in [4.78, 5) is 18.5. The van der Waals surface area contributed by atoms with Gasteiger partial charge in [-0.25, -0.2) is 4.68 Å². The number of nitrogens with one attached hydrogen (secondary N) is 2. The Balaban J connectivity index is 1.52. The van der Waals surface area contributed by atoms with Crippen molar-refractivity contribution in [1.29, 1.82) is 0 Å². The van der Waals surface area contributed by atoms with E-state index in [1.165, 1.54) is 0 Å². The lowest BCUT2D eigenvalue weighted by Crippen LogP contribution is -2.31. The summed E-state index contributed by atoms with van der Waals surface area (Å²) in [5.41, 5.74) is 4.92. The number of fused-ring (bicyclic) bond motifs is 1. The van der Waals surface area contributed by atoms with Crippen molar-refractivity contribution in [2.24, 2.45) is 0 Å². The molecule has 10 heteroatoms. The van der Waals surface area contributed by atoms with E-state index >= 15 is 0 Å². The second-order valence-electron chi connectivity index (χ2n) is 9.54. The molecular formula is C31H32BrN5O3S. The predicted octanol–water partition coefficient (Wildman–Crippen LogP) is 7.37. The fourth-order valence-corrected chi connectivity index (χ4v) is 5.49. The second kappa shape index (κ2) is 12.8. The number of carbonyl (C=O) groups is 1. The lowest BCUT2D eigenvalue weighted by atomic mass is 9.94. The molecule has 0 bridgehead atoms. The van der Waals surface area contributed by atoms with Gasteiger partial charge in [0.2, 0.25) is 11.1 Å². The molecule has 8 nitrogen and oxygen atoms in total. The molecule has 1 atom stereocenters. The first-order chi connectivity index (χ1) is 19.9. The van der Waals surface area contributed by atoms with Gasteiger partial charge in [-0.1, -0.05) is 64.9 Å². The zero-order valence-corrected chi connectivity index (χ0v) is 25.8. The van der Waals surface area contributed by atoms with Crippen LogP contribution >= 0.6 is 27.7 Å². The number of halogens is 1. The maximum Gasteiger partial charge on any atom is 0.255 e. The summed E-state index contributed by atoms with van der Waals surface area (Å²) in [6.45, 7) is 8.74. The summed E-state index contributed by atoms with van der Waals surface area (Å²) >= 11 is 5.02. The van der Waals surface area contributed by atoms with Gasteiger partial charge in [0.05, 0.1) is 12.2 Å². The van der Waals surface area contributed by atoms with Crippen molar-refractivity contribution in [3.8, 4) is 11.5 Å². The number of aryl methyl sites for hydroxylation is 1. The van der Waals surface area contributed by atoms with Crippen LogP contribution in [0.2, 0.25) is 0 Å². The van der Waals surface area contributed by atoms with E-state index in [2.05, 4.69) is 38.5 Å². The number of rotatable bonds is 10. The van der Waals surface area contributed by atoms with Crippen LogP contribution in [0.3, 0.4) is 0 Å². The Morgan fingerprint density at radius 3 is 2.59 bits per heavy atom. The van der Waals surface area contributed by atoms with Crippen molar-refractivity contribution in [3.63, 3.8) is 0 Å². The van der Waals surface area contributed by atoms with Crippen LogP contribution in [0.4, 0.5) is 11.6 Å². The lowest BCUT2D eigenvalue weighted by Gasteiger charge is -2.29. The summed E-state index contributed by atoms with van der Waals surface area (Å²) < 4.78 is 15.0. The molecule has 1 aliphatic heterocycles. The van der Waals surface area contributed by atoms with Gasteiger partial charge >= 0.3 is 0 Å². The highest BCUT2D eigenvalue weighted by Crippen LogP contribution is 2.40. The Morgan fingerprint density at radius 1 is 1.05 bits per heavy atom. The molecule has 5 rings (SSSR count). The van der Waals surface area contributed by atoms with Crippen molar-refractivity contribution in [1.82, 2.24) is 14.8 Å². The van der Waals surface area contributed by atoms with Crippen LogP contribution in [0.25, 0.3) is 0 Å². The number of benzene rings is 3. The second-order valence-corrected chi connectivity index (χ2v) is 11.7. The number of amides is 1. The number of aromatic nitrogens is 3. The minimum absolute atomic E-state index is 0.218. The van der Waals surface area contributed by atoms with Crippen LogP contribution in [-0.4, -0.2) is 33.0 Å². The van der Waals surface area contributed by atoms with Gasteiger partial charge in [0, 0.05) is 15.9 Å². The van der Waals surface area contributed by atoms with Gasteiger partial charge in [-0.05, 0) is 79.6 Å². The summed E-state index contributed by atoms with van der Waals surface area (Å²) in [5, 5.41) is 11.8. The van der Waals surface area contributed by atoms with Gasteiger partial charge in [0.15, 0.2) is 11.5 Å². The average molecular weight is 635 g/mol. The number of hydrogen-bond acceptors (Lipinski definition) is 7. The first-order valence-corrected chi connectivity index (χ1v) is 15.2. The third kappa shape index (κ3) is 6.60. The maximum atomic E-state index is 13.8. The standard InChI is InChI=1S/C31H32BrN5O3S/c1-5-39-26-17-22(12-15-25(26)40-18-21-10-13-23(32)14-11-21)28-27(29(38)34-24-9-7-8-19(3)16-24)20(4)33-30-35-31(41-6-2)36-37(28)30/h7-17,28H,5-6,18H2,1-4H3,(H,34,38)(H,33,35,36). The van der Waals surface area contributed by atoms with Gasteiger partial charge < -0.3 is 20.1 Å². The molecule has 212 valence electrons. The van der Waals surface area contributed by atoms with Gasteiger partial charge in [-0.15, -0.1) is 5.10 Å². The number of thioether (sulfide) groups is 1. The normalized spacial score (nSPS) is 14.3. The van der Waals surface area contributed by atoms with E-state index < -0.39 is 6.04 Å². The third-order valence-corrected chi connectivity index (χ3v) is 7.77. The van der Waals surface area contributed by atoms with Gasteiger partial charge in [0.1, 0.15) is 12.6 Å². The van der Waals surface area contributed by atoms with Crippen LogP contribution in [0.5, 0.6) is 11.5 Å². The Morgan fingerprint density at radius 2 is 1.85 bits per heavy atom. The summed E-state index contributed by atoms with van der Waals surface area (Å²) in [6, 6.07) is 21.0. The van der Waals surface area contributed by atoms with Crippen molar-refractivity contribution >= 4 is 45.2 Å². The van der Waals surface area contributed by atoms with Crippen LogP contribution in [0.1, 0.15) is 43.5 Å². The zero-order chi connectivity index (χ0) is 28.9.